The molecule has 146 valence electrons. The van der Waals surface area contributed by atoms with E-state index in [-0.39, 0.29) is 6.03 Å². The van der Waals surface area contributed by atoms with Gasteiger partial charge >= 0.3 is 6.03 Å². The highest BCUT2D eigenvalue weighted by molar-refractivity contribution is 5.88. The third-order valence-corrected chi connectivity index (χ3v) is 4.58. The van der Waals surface area contributed by atoms with Crippen molar-refractivity contribution in [3.63, 3.8) is 0 Å². The molecule has 0 unspecified atom stereocenters. The normalized spacial score (nSPS) is 14.6. The maximum absolute atomic E-state index is 12.1. The van der Waals surface area contributed by atoms with Crippen molar-refractivity contribution in [2.45, 2.75) is 25.9 Å². The maximum atomic E-state index is 12.1. The van der Waals surface area contributed by atoms with Crippen LogP contribution in [0.5, 0.6) is 11.5 Å². The van der Waals surface area contributed by atoms with Crippen molar-refractivity contribution in [1.29, 1.82) is 0 Å². The topological polar surface area (TPSA) is 86.6 Å². The number of hydrogen-bond acceptors (Lipinski definition) is 5. The van der Waals surface area contributed by atoms with E-state index < -0.39 is 0 Å². The SMILES string of the molecule is COc1ccc(CNC(=O)Nc2cnn(CC3CCOCC3)c2)cc1OC. The number of hydrogen-bond donors (Lipinski definition) is 2. The summed E-state index contributed by atoms with van der Waals surface area (Å²) in [5.74, 6) is 1.86. The summed E-state index contributed by atoms with van der Waals surface area (Å²) < 4.78 is 17.7. The summed E-state index contributed by atoms with van der Waals surface area (Å²) in [7, 11) is 3.17. The monoisotopic (exact) mass is 374 g/mol. The van der Waals surface area contributed by atoms with Gasteiger partial charge in [-0.2, -0.15) is 5.10 Å². The second-order valence-corrected chi connectivity index (χ2v) is 6.50. The van der Waals surface area contributed by atoms with E-state index in [1.807, 2.05) is 29.1 Å². The number of anilines is 1. The lowest BCUT2D eigenvalue weighted by molar-refractivity contribution is 0.0601. The molecule has 2 N–H and O–H groups in total. The van der Waals surface area contributed by atoms with Crippen LogP contribution < -0.4 is 20.1 Å². The molecule has 0 saturated carbocycles. The summed E-state index contributed by atoms with van der Waals surface area (Å²) in [6, 6.07) is 5.25. The van der Waals surface area contributed by atoms with Gasteiger partial charge in [-0.05, 0) is 36.5 Å². The van der Waals surface area contributed by atoms with E-state index >= 15 is 0 Å². The molecule has 0 atom stereocenters. The lowest BCUT2D eigenvalue weighted by Gasteiger charge is -2.21. The Morgan fingerprint density at radius 1 is 1.26 bits per heavy atom. The zero-order chi connectivity index (χ0) is 19.1. The zero-order valence-electron chi connectivity index (χ0n) is 15.7. The predicted octanol–water partition coefficient (Wildman–Crippen LogP) is 2.65. The van der Waals surface area contributed by atoms with Gasteiger partial charge in [-0.25, -0.2) is 4.79 Å². The molecule has 2 amide bonds. The molecule has 1 fully saturated rings. The third kappa shape index (κ3) is 5.37. The number of aromatic nitrogens is 2. The molecule has 0 aliphatic carbocycles. The van der Waals surface area contributed by atoms with Crippen LogP contribution in [0.3, 0.4) is 0 Å². The van der Waals surface area contributed by atoms with Crippen molar-refractivity contribution < 1.29 is 19.0 Å². The fraction of sp³-hybridized carbons (Fsp3) is 0.474. The first-order chi connectivity index (χ1) is 13.2. The van der Waals surface area contributed by atoms with Gasteiger partial charge in [0.15, 0.2) is 11.5 Å². The van der Waals surface area contributed by atoms with Crippen LogP contribution in [-0.4, -0.2) is 43.2 Å². The van der Waals surface area contributed by atoms with Gasteiger partial charge in [-0.15, -0.1) is 0 Å². The smallest absolute Gasteiger partial charge is 0.319 e. The fourth-order valence-electron chi connectivity index (χ4n) is 3.07. The predicted molar refractivity (Wildman–Crippen MR) is 101 cm³/mol. The minimum atomic E-state index is -0.282. The zero-order valence-corrected chi connectivity index (χ0v) is 15.7. The number of nitrogens with one attached hydrogen (secondary N) is 2. The van der Waals surface area contributed by atoms with Gasteiger partial charge in [-0.1, -0.05) is 6.07 Å². The number of rotatable bonds is 7. The molecule has 27 heavy (non-hydrogen) atoms. The van der Waals surface area contributed by atoms with Crippen molar-refractivity contribution in [1.82, 2.24) is 15.1 Å². The van der Waals surface area contributed by atoms with Crippen molar-refractivity contribution in [3.05, 3.63) is 36.2 Å². The Bertz CT molecular complexity index is 756. The van der Waals surface area contributed by atoms with Gasteiger partial charge in [0.2, 0.25) is 0 Å². The molecule has 0 bridgehead atoms. The highest BCUT2D eigenvalue weighted by atomic mass is 16.5. The average molecular weight is 374 g/mol. The van der Waals surface area contributed by atoms with Crippen LogP contribution in [0.1, 0.15) is 18.4 Å². The Morgan fingerprint density at radius 2 is 2.04 bits per heavy atom. The lowest BCUT2D eigenvalue weighted by Crippen LogP contribution is -2.28. The Balaban J connectivity index is 1.48. The summed E-state index contributed by atoms with van der Waals surface area (Å²) in [4.78, 5) is 12.1. The Kier molecular flexibility index (Phi) is 6.54. The molecule has 1 saturated heterocycles. The molecule has 1 aliphatic heterocycles. The summed E-state index contributed by atoms with van der Waals surface area (Å²) >= 11 is 0. The second kappa shape index (κ2) is 9.27. The number of nitrogens with zero attached hydrogens (tertiary/aromatic N) is 2. The third-order valence-electron chi connectivity index (χ3n) is 4.58. The molecule has 8 heteroatoms. The molecule has 2 aromatic rings. The van der Waals surface area contributed by atoms with Gasteiger partial charge in [0.1, 0.15) is 0 Å². The molecule has 1 aromatic carbocycles. The lowest BCUT2D eigenvalue weighted by atomic mass is 10.0. The molecular formula is C19H26N4O4. The number of methoxy groups -OCH3 is 2. The van der Waals surface area contributed by atoms with Gasteiger partial charge in [-0.3, -0.25) is 4.68 Å². The average Bonchev–Trinajstić information content (AvgIpc) is 3.13. The maximum Gasteiger partial charge on any atom is 0.319 e. The number of carbonyl (C=O) groups excluding carboxylic acids is 1. The van der Waals surface area contributed by atoms with E-state index in [4.69, 9.17) is 14.2 Å². The molecule has 1 aromatic heterocycles. The summed E-state index contributed by atoms with van der Waals surface area (Å²) in [5.41, 5.74) is 1.59. The van der Waals surface area contributed by atoms with Crippen molar-refractivity contribution in [3.8, 4) is 11.5 Å². The Labute approximate surface area is 158 Å². The molecule has 3 rings (SSSR count). The minimum Gasteiger partial charge on any atom is -0.493 e. The van der Waals surface area contributed by atoms with Gasteiger partial charge < -0.3 is 24.8 Å². The quantitative estimate of drug-likeness (QED) is 0.778. The Hall–Kier alpha value is -2.74. The minimum absolute atomic E-state index is 0.282. The van der Waals surface area contributed by atoms with Gasteiger partial charge in [0, 0.05) is 32.5 Å². The largest absolute Gasteiger partial charge is 0.493 e. The van der Waals surface area contributed by atoms with Crippen LogP contribution in [0.15, 0.2) is 30.6 Å². The van der Waals surface area contributed by atoms with Crippen LogP contribution in [0.2, 0.25) is 0 Å². The molecule has 2 heterocycles. The van der Waals surface area contributed by atoms with Crippen LogP contribution in [0, 0.1) is 5.92 Å². The molecule has 1 aliphatic rings. The summed E-state index contributed by atoms with van der Waals surface area (Å²) in [6.07, 6.45) is 5.61. The van der Waals surface area contributed by atoms with Gasteiger partial charge in [0.05, 0.1) is 26.1 Å². The van der Waals surface area contributed by atoms with Crippen molar-refractivity contribution >= 4 is 11.7 Å². The highest BCUT2D eigenvalue weighted by Gasteiger charge is 2.15. The van der Waals surface area contributed by atoms with Crippen LogP contribution in [-0.2, 0) is 17.8 Å². The van der Waals surface area contributed by atoms with Crippen molar-refractivity contribution in [2.24, 2.45) is 5.92 Å². The van der Waals surface area contributed by atoms with E-state index in [2.05, 4.69) is 15.7 Å². The molecule has 0 radical (unpaired) electrons. The van der Waals surface area contributed by atoms with Crippen molar-refractivity contribution in [2.75, 3.05) is 32.8 Å². The number of benzene rings is 1. The standard InChI is InChI=1S/C19H26N4O4/c1-25-17-4-3-15(9-18(17)26-2)10-20-19(24)22-16-11-21-23(13-16)12-14-5-7-27-8-6-14/h3-4,9,11,13-14H,5-8,10,12H2,1-2H3,(H2,20,22,24). The highest BCUT2D eigenvalue weighted by Crippen LogP contribution is 2.27. The van der Waals surface area contributed by atoms with E-state index in [1.54, 1.807) is 20.4 Å². The second-order valence-electron chi connectivity index (χ2n) is 6.50. The van der Waals surface area contributed by atoms with E-state index in [9.17, 15) is 4.79 Å². The summed E-state index contributed by atoms with van der Waals surface area (Å²) in [6.45, 7) is 2.85. The molecule has 0 spiro atoms. The van der Waals surface area contributed by atoms with E-state index in [0.29, 0.717) is 29.6 Å². The van der Waals surface area contributed by atoms with Crippen LogP contribution >= 0.6 is 0 Å². The van der Waals surface area contributed by atoms with E-state index in [0.717, 1.165) is 38.2 Å². The fourth-order valence-corrected chi connectivity index (χ4v) is 3.07. The van der Waals surface area contributed by atoms with Crippen LogP contribution in [0.4, 0.5) is 10.5 Å². The molecular weight excluding hydrogens is 348 g/mol. The first-order valence-electron chi connectivity index (χ1n) is 9.04. The van der Waals surface area contributed by atoms with Crippen LogP contribution in [0.25, 0.3) is 0 Å². The number of ether oxygens (including phenoxy) is 3. The number of amides is 2. The Morgan fingerprint density at radius 3 is 2.78 bits per heavy atom. The van der Waals surface area contributed by atoms with Gasteiger partial charge in [0.25, 0.3) is 0 Å². The summed E-state index contributed by atoms with van der Waals surface area (Å²) in [5, 5.41) is 9.96. The number of carbonyl (C=O) groups is 1. The molecule has 8 nitrogen and oxygen atoms in total. The van der Waals surface area contributed by atoms with E-state index in [1.165, 1.54) is 0 Å². The first-order valence-corrected chi connectivity index (χ1v) is 9.04. The number of urea groups is 1. The first kappa shape index (κ1) is 19.0.